The van der Waals surface area contributed by atoms with Crippen LogP contribution in [0.3, 0.4) is 0 Å². The van der Waals surface area contributed by atoms with E-state index in [1.54, 1.807) is 33.6 Å². The van der Waals surface area contributed by atoms with E-state index in [1.165, 1.54) is 24.3 Å². The average Bonchev–Trinajstić information content (AvgIpc) is 3.44. The van der Waals surface area contributed by atoms with Crippen molar-refractivity contribution >= 4 is 51.0 Å². The average molecular weight is 684 g/mol. The molecule has 10 heteroatoms. The van der Waals surface area contributed by atoms with Crippen LogP contribution in [0.15, 0.2) is 72.8 Å². The zero-order valence-corrected chi connectivity index (χ0v) is 22.6. The van der Waals surface area contributed by atoms with E-state index in [9.17, 15) is 8.78 Å². The molecule has 34 heavy (non-hydrogen) atoms. The summed E-state index contributed by atoms with van der Waals surface area (Å²) in [7, 11) is 0. The van der Waals surface area contributed by atoms with Crippen molar-refractivity contribution in [3.63, 3.8) is 0 Å². The van der Waals surface area contributed by atoms with E-state index in [0.717, 1.165) is 30.3 Å². The SMILES string of the molecule is Cc1ccc(C)n1-c1cc(I)n(-c2cccc(F)c2)n1.Nc1cc(I)n(-c2cccc(F)c2)n1. The summed E-state index contributed by atoms with van der Waals surface area (Å²) in [5, 5.41) is 8.63. The second kappa shape index (κ2) is 10.3. The van der Waals surface area contributed by atoms with Crippen LogP contribution in [0.5, 0.6) is 0 Å². The third-order valence-corrected chi connectivity index (χ3v) is 6.48. The summed E-state index contributed by atoms with van der Waals surface area (Å²) >= 11 is 4.30. The lowest BCUT2D eigenvalue weighted by Gasteiger charge is -2.05. The van der Waals surface area contributed by atoms with Gasteiger partial charge in [0.05, 0.1) is 11.4 Å². The number of aromatic nitrogens is 5. The highest BCUT2D eigenvalue weighted by Crippen LogP contribution is 2.21. The maximum atomic E-state index is 13.3. The van der Waals surface area contributed by atoms with Gasteiger partial charge in [-0.3, -0.25) is 0 Å². The van der Waals surface area contributed by atoms with E-state index in [0.29, 0.717) is 11.5 Å². The second-order valence-electron chi connectivity index (χ2n) is 7.45. The molecule has 6 nitrogen and oxygen atoms in total. The third-order valence-electron chi connectivity index (χ3n) is 4.94. The summed E-state index contributed by atoms with van der Waals surface area (Å²) < 4.78 is 33.5. The molecule has 5 rings (SSSR count). The fraction of sp³-hybridized carbons (Fsp3) is 0.0833. The topological polar surface area (TPSA) is 66.6 Å². The molecule has 0 radical (unpaired) electrons. The molecule has 174 valence electrons. The first kappa shape index (κ1) is 24.4. The predicted octanol–water partition coefficient (Wildman–Crippen LogP) is 6.22. The number of nitrogens with two attached hydrogens (primary N) is 1. The van der Waals surface area contributed by atoms with Crippen LogP contribution in [0.1, 0.15) is 11.4 Å². The Balaban J connectivity index is 0.000000172. The molecule has 0 unspecified atom stereocenters. The number of benzene rings is 2. The molecular weight excluding hydrogens is 664 g/mol. The molecule has 0 aliphatic carbocycles. The normalized spacial score (nSPS) is 10.8. The van der Waals surface area contributed by atoms with Gasteiger partial charge in [0.15, 0.2) is 5.82 Å². The molecule has 3 heterocycles. The second-order valence-corrected chi connectivity index (χ2v) is 9.66. The van der Waals surface area contributed by atoms with Gasteiger partial charge in [0.2, 0.25) is 0 Å². The smallest absolute Gasteiger partial charge is 0.160 e. The van der Waals surface area contributed by atoms with Crippen LogP contribution in [-0.4, -0.2) is 24.1 Å². The van der Waals surface area contributed by atoms with E-state index in [4.69, 9.17) is 5.73 Å². The Hall–Kier alpha value is -2.74. The summed E-state index contributed by atoms with van der Waals surface area (Å²) in [5.41, 5.74) is 9.18. The maximum Gasteiger partial charge on any atom is 0.160 e. The number of anilines is 1. The van der Waals surface area contributed by atoms with Crippen molar-refractivity contribution in [3.05, 3.63) is 103 Å². The van der Waals surface area contributed by atoms with Gasteiger partial charge in [-0.05, 0) is 108 Å². The molecule has 0 saturated carbocycles. The minimum Gasteiger partial charge on any atom is -0.382 e. The number of rotatable bonds is 3. The molecular formula is C24H20F2I2N6. The van der Waals surface area contributed by atoms with Crippen molar-refractivity contribution in [2.45, 2.75) is 13.8 Å². The first-order valence-corrected chi connectivity index (χ1v) is 12.3. The van der Waals surface area contributed by atoms with Gasteiger partial charge in [0.25, 0.3) is 0 Å². The molecule has 0 aliphatic heterocycles. The van der Waals surface area contributed by atoms with Crippen LogP contribution in [0, 0.1) is 32.9 Å². The number of nitrogens with zero attached hydrogens (tertiary/aromatic N) is 5. The molecule has 0 amide bonds. The van der Waals surface area contributed by atoms with Crippen LogP contribution in [-0.2, 0) is 0 Å². The maximum absolute atomic E-state index is 13.3. The van der Waals surface area contributed by atoms with E-state index in [1.807, 2.05) is 26.0 Å². The van der Waals surface area contributed by atoms with Crippen molar-refractivity contribution in [3.8, 4) is 17.2 Å². The van der Waals surface area contributed by atoms with E-state index >= 15 is 0 Å². The molecule has 0 atom stereocenters. The van der Waals surface area contributed by atoms with Crippen molar-refractivity contribution in [2.24, 2.45) is 0 Å². The summed E-state index contributed by atoms with van der Waals surface area (Å²) in [6.07, 6.45) is 0. The lowest BCUT2D eigenvalue weighted by molar-refractivity contribution is 0.624. The first-order valence-electron chi connectivity index (χ1n) is 10.2. The largest absolute Gasteiger partial charge is 0.382 e. The van der Waals surface area contributed by atoms with E-state index in [2.05, 4.69) is 72.1 Å². The van der Waals surface area contributed by atoms with Crippen molar-refractivity contribution in [1.29, 1.82) is 0 Å². The molecule has 2 aromatic carbocycles. The molecule has 0 aliphatic rings. The summed E-state index contributed by atoms with van der Waals surface area (Å²) in [4.78, 5) is 0. The van der Waals surface area contributed by atoms with Crippen LogP contribution in [0.25, 0.3) is 17.2 Å². The predicted molar refractivity (Wildman–Crippen MR) is 146 cm³/mol. The molecule has 0 bridgehead atoms. The van der Waals surface area contributed by atoms with Gasteiger partial charge in [0, 0.05) is 23.5 Å². The van der Waals surface area contributed by atoms with Crippen LogP contribution in [0.2, 0.25) is 0 Å². The molecule has 0 spiro atoms. The zero-order valence-electron chi connectivity index (χ0n) is 18.3. The van der Waals surface area contributed by atoms with Crippen LogP contribution >= 0.6 is 45.2 Å². The highest BCUT2D eigenvalue weighted by molar-refractivity contribution is 14.1. The number of halogens is 4. The van der Waals surface area contributed by atoms with Gasteiger partial charge >= 0.3 is 0 Å². The highest BCUT2D eigenvalue weighted by atomic mass is 127. The summed E-state index contributed by atoms with van der Waals surface area (Å²) in [6, 6.07) is 20.5. The lowest BCUT2D eigenvalue weighted by atomic mass is 10.3. The van der Waals surface area contributed by atoms with Gasteiger partial charge in [-0.1, -0.05) is 12.1 Å². The first-order chi connectivity index (χ1) is 16.2. The van der Waals surface area contributed by atoms with Gasteiger partial charge in [-0.15, -0.1) is 10.2 Å². The molecule has 2 N–H and O–H groups in total. The van der Waals surface area contributed by atoms with Crippen molar-refractivity contribution < 1.29 is 8.78 Å². The Kier molecular flexibility index (Phi) is 7.36. The fourth-order valence-electron chi connectivity index (χ4n) is 3.44. The molecule has 3 aromatic heterocycles. The van der Waals surface area contributed by atoms with Crippen LogP contribution < -0.4 is 5.73 Å². The molecule has 0 saturated heterocycles. The van der Waals surface area contributed by atoms with Gasteiger partial charge in [0.1, 0.15) is 24.9 Å². The number of hydrogen-bond donors (Lipinski definition) is 1. The Bertz CT molecular complexity index is 1430. The monoisotopic (exact) mass is 684 g/mol. The number of hydrogen-bond acceptors (Lipinski definition) is 3. The van der Waals surface area contributed by atoms with Gasteiger partial charge < -0.3 is 10.3 Å². The Morgan fingerprint density at radius 1 is 0.706 bits per heavy atom. The Morgan fingerprint density at radius 3 is 1.68 bits per heavy atom. The van der Waals surface area contributed by atoms with E-state index in [-0.39, 0.29) is 11.6 Å². The third kappa shape index (κ3) is 5.32. The van der Waals surface area contributed by atoms with Crippen molar-refractivity contribution in [1.82, 2.24) is 24.1 Å². The van der Waals surface area contributed by atoms with Gasteiger partial charge in [-0.25, -0.2) is 18.1 Å². The molecule has 5 aromatic rings. The highest BCUT2D eigenvalue weighted by Gasteiger charge is 2.12. The van der Waals surface area contributed by atoms with E-state index < -0.39 is 0 Å². The van der Waals surface area contributed by atoms with Crippen LogP contribution in [0.4, 0.5) is 14.6 Å². The number of aryl methyl sites for hydroxylation is 2. The fourth-order valence-corrected chi connectivity index (χ4v) is 4.81. The van der Waals surface area contributed by atoms with Gasteiger partial charge in [-0.2, -0.15) is 0 Å². The Labute approximate surface area is 222 Å². The quantitative estimate of drug-likeness (QED) is 0.230. The number of nitrogen functional groups attached to an aromatic ring is 1. The summed E-state index contributed by atoms with van der Waals surface area (Å²) in [6.45, 7) is 4.09. The standard InChI is InChI=1S/C15H13FIN3.C9H7FIN3/c1-10-6-7-11(2)19(10)15-9-14(17)20(18-15)13-5-3-4-12(16)8-13;10-6-2-1-3-7(4-6)14-8(11)5-9(12)13-14/h3-9H,1-2H3;1-5H,(H2,12,13). The minimum absolute atomic E-state index is 0.260. The molecule has 0 fully saturated rings. The Morgan fingerprint density at radius 2 is 1.21 bits per heavy atom. The lowest BCUT2D eigenvalue weighted by Crippen LogP contribution is -2.03. The minimum atomic E-state index is -0.285. The van der Waals surface area contributed by atoms with Crippen molar-refractivity contribution in [2.75, 3.05) is 5.73 Å². The summed E-state index contributed by atoms with van der Waals surface area (Å²) in [5.74, 6) is 0.730. The zero-order chi connectivity index (χ0) is 24.4.